The molecule has 2 atom stereocenters. The van der Waals surface area contributed by atoms with Gasteiger partial charge in [0.05, 0.1) is 6.10 Å². The van der Waals surface area contributed by atoms with Crippen LogP contribution in [-0.4, -0.2) is 28.8 Å². The van der Waals surface area contributed by atoms with Gasteiger partial charge in [0.25, 0.3) is 5.91 Å². The minimum Gasteiger partial charge on any atom is -0.373 e. The molecule has 1 aliphatic rings. The first kappa shape index (κ1) is 14.8. The number of carbonyl (C=O) groups is 1. The number of hydrogen-bond donors (Lipinski definition) is 1. The van der Waals surface area contributed by atoms with Crippen molar-refractivity contribution < 1.29 is 9.53 Å². The van der Waals surface area contributed by atoms with Crippen molar-refractivity contribution in [1.29, 1.82) is 0 Å². The third kappa shape index (κ3) is 3.04. The molecule has 1 aromatic heterocycles. The number of ether oxygens (including phenoxy) is 1. The second kappa shape index (κ2) is 6.32. The SMILES string of the molecule is Cc1cc(C(=O)NC[C@H]2CCO[C@@H]2c2ccccc2)nn1C. The van der Waals surface area contributed by atoms with Gasteiger partial charge < -0.3 is 10.1 Å². The van der Waals surface area contributed by atoms with Gasteiger partial charge in [-0.05, 0) is 25.0 Å². The second-order valence-corrected chi connectivity index (χ2v) is 5.76. The first-order valence-corrected chi connectivity index (χ1v) is 7.60. The van der Waals surface area contributed by atoms with Crippen molar-refractivity contribution in [3.05, 3.63) is 53.3 Å². The molecule has 22 heavy (non-hydrogen) atoms. The van der Waals surface area contributed by atoms with Crippen molar-refractivity contribution in [3.8, 4) is 0 Å². The Morgan fingerprint density at radius 3 is 2.86 bits per heavy atom. The highest BCUT2D eigenvalue weighted by Crippen LogP contribution is 2.33. The predicted octanol–water partition coefficient (Wildman–Crippen LogP) is 2.24. The predicted molar refractivity (Wildman–Crippen MR) is 83.5 cm³/mol. The smallest absolute Gasteiger partial charge is 0.271 e. The van der Waals surface area contributed by atoms with Gasteiger partial charge in [-0.3, -0.25) is 9.48 Å². The highest BCUT2D eigenvalue weighted by atomic mass is 16.5. The summed E-state index contributed by atoms with van der Waals surface area (Å²) < 4.78 is 7.55. The Bertz CT molecular complexity index is 632. The quantitative estimate of drug-likeness (QED) is 0.942. The van der Waals surface area contributed by atoms with E-state index in [4.69, 9.17) is 4.74 Å². The number of carbonyl (C=O) groups excluding carboxylic acids is 1. The van der Waals surface area contributed by atoms with Gasteiger partial charge in [0.1, 0.15) is 5.69 Å². The number of hydrogen-bond acceptors (Lipinski definition) is 3. The fraction of sp³-hybridized carbons (Fsp3) is 0.412. The van der Waals surface area contributed by atoms with Gasteiger partial charge in [0.15, 0.2) is 0 Å². The number of aromatic nitrogens is 2. The fourth-order valence-electron chi connectivity index (χ4n) is 2.84. The molecule has 1 N–H and O–H groups in total. The van der Waals surface area contributed by atoms with E-state index in [0.717, 1.165) is 18.7 Å². The molecule has 0 aliphatic carbocycles. The second-order valence-electron chi connectivity index (χ2n) is 5.76. The molecule has 0 spiro atoms. The van der Waals surface area contributed by atoms with E-state index in [1.807, 2.05) is 32.2 Å². The number of amides is 1. The first-order valence-electron chi connectivity index (χ1n) is 7.60. The minimum atomic E-state index is -0.123. The van der Waals surface area contributed by atoms with Crippen LogP contribution in [0.3, 0.4) is 0 Å². The molecule has 0 radical (unpaired) electrons. The summed E-state index contributed by atoms with van der Waals surface area (Å²) in [7, 11) is 1.84. The largest absolute Gasteiger partial charge is 0.373 e. The zero-order chi connectivity index (χ0) is 15.5. The maximum atomic E-state index is 12.2. The van der Waals surface area contributed by atoms with E-state index in [0.29, 0.717) is 18.2 Å². The maximum absolute atomic E-state index is 12.2. The van der Waals surface area contributed by atoms with Gasteiger partial charge in [-0.2, -0.15) is 5.10 Å². The van der Waals surface area contributed by atoms with Crippen LogP contribution >= 0.6 is 0 Å². The van der Waals surface area contributed by atoms with E-state index >= 15 is 0 Å². The third-order valence-corrected chi connectivity index (χ3v) is 4.21. The van der Waals surface area contributed by atoms with Crippen molar-refractivity contribution in [2.24, 2.45) is 13.0 Å². The van der Waals surface area contributed by atoms with Crippen LogP contribution in [0.2, 0.25) is 0 Å². The molecule has 2 aromatic rings. The van der Waals surface area contributed by atoms with Crippen LogP contribution in [0, 0.1) is 12.8 Å². The highest BCUT2D eigenvalue weighted by Gasteiger charge is 2.30. The number of nitrogens with one attached hydrogen (secondary N) is 1. The van der Waals surface area contributed by atoms with Crippen LogP contribution in [0.1, 0.15) is 34.3 Å². The minimum absolute atomic E-state index is 0.0620. The number of benzene rings is 1. The Morgan fingerprint density at radius 2 is 2.18 bits per heavy atom. The molecule has 0 saturated carbocycles. The van der Waals surface area contributed by atoms with Gasteiger partial charge in [-0.25, -0.2) is 0 Å². The highest BCUT2D eigenvalue weighted by molar-refractivity contribution is 5.92. The normalized spacial score (nSPS) is 21.0. The summed E-state index contributed by atoms with van der Waals surface area (Å²) in [5.41, 5.74) is 2.61. The van der Waals surface area contributed by atoms with E-state index in [1.165, 1.54) is 5.56 Å². The van der Waals surface area contributed by atoms with Crippen LogP contribution in [0.15, 0.2) is 36.4 Å². The summed E-state index contributed by atoms with van der Waals surface area (Å²) >= 11 is 0. The van der Waals surface area contributed by atoms with Gasteiger partial charge in [0.2, 0.25) is 0 Å². The molecule has 1 aromatic carbocycles. The van der Waals surface area contributed by atoms with Crippen LogP contribution in [0.5, 0.6) is 0 Å². The lowest BCUT2D eigenvalue weighted by molar-refractivity contribution is 0.0843. The average molecular weight is 299 g/mol. The van der Waals surface area contributed by atoms with E-state index in [2.05, 4.69) is 22.5 Å². The van der Waals surface area contributed by atoms with Gasteiger partial charge in [-0.1, -0.05) is 30.3 Å². The standard InChI is InChI=1S/C17H21N3O2/c1-12-10-15(19-20(12)2)17(21)18-11-14-8-9-22-16(14)13-6-4-3-5-7-13/h3-7,10,14,16H,8-9,11H2,1-2H3,(H,18,21)/t14-,16-/m1/s1. The Morgan fingerprint density at radius 1 is 1.41 bits per heavy atom. The lowest BCUT2D eigenvalue weighted by Gasteiger charge is -2.19. The zero-order valence-corrected chi connectivity index (χ0v) is 13.0. The first-order chi connectivity index (χ1) is 10.6. The van der Waals surface area contributed by atoms with E-state index in [-0.39, 0.29) is 12.0 Å². The molecular formula is C17H21N3O2. The topological polar surface area (TPSA) is 56.1 Å². The molecule has 1 amide bonds. The fourth-order valence-corrected chi connectivity index (χ4v) is 2.84. The van der Waals surface area contributed by atoms with Crippen molar-refractivity contribution in [2.75, 3.05) is 13.2 Å². The van der Waals surface area contributed by atoms with E-state index in [9.17, 15) is 4.79 Å². The lowest BCUT2D eigenvalue weighted by atomic mass is 9.95. The summed E-state index contributed by atoms with van der Waals surface area (Å²) in [6, 6.07) is 12.0. The van der Waals surface area contributed by atoms with Crippen LogP contribution < -0.4 is 5.32 Å². The molecule has 3 rings (SSSR count). The molecule has 1 fully saturated rings. The van der Waals surface area contributed by atoms with Crippen molar-refractivity contribution in [3.63, 3.8) is 0 Å². The Kier molecular flexibility index (Phi) is 4.24. The zero-order valence-electron chi connectivity index (χ0n) is 13.0. The van der Waals surface area contributed by atoms with Crippen LogP contribution in [0.25, 0.3) is 0 Å². The molecule has 0 bridgehead atoms. The maximum Gasteiger partial charge on any atom is 0.271 e. The summed E-state index contributed by atoms with van der Waals surface area (Å²) in [5.74, 6) is 0.179. The lowest BCUT2D eigenvalue weighted by Crippen LogP contribution is -2.30. The Labute approximate surface area is 130 Å². The summed E-state index contributed by atoms with van der Waals surface area (Å²) in [4.78, 5) is 12.2. The van der Waals surface area contributed by atoms with E-state index < -0.39 is 0 Å². The van der Waals surface area contributed by atoms with Crippen molar-refractivity contribution in [2.45, 2.75) is 19.4 Å². The molecule has 2 heterocycles. The average Bonchev–Trinajstić information content (AvgIpc) is 3.13. The van der Waals surface area contributed by atoms with Gasteiger partial charge in [-0.15, -0.1) is 0 Å². The summed E-state index contributed by atoms with van der Waals surface area (Å²) in [6.45, 7) is 3.27. The monoisotopic (exact) mass is 299 g/mol. The number of aryl methyl sites for hydroxylation is 2. The molecular weight excluding hydrogens is 278 g/mol. The number of nitrogens with zero attached hydrogens (tertiary/aromatic N) is 2. The van der Waals surface area contributed by atoms with Crippen LogP contribution in [0.4, 0.5) is 0 Å². The molecule has 116 valence electrons. The molecule has 1 saturated heterocycles. The number of rotatable bonds is 4. The van der Waals surface area contributed by atoms with E-state index in [1.54, 1.807) is 10.7 Å². The van der Waals surface area contributed by atoms with Gasteiger partial charge >= 0.3 is 0 Å². The Balaban J connectivity index is 1.62. The van der Waals surface area contributed by atoms with Gasteiger partial charge in [0, 0.05) is 31.8 Å². The van der Waals surface area contributed by atoms with Crippen LogP contribution in [-0.2, 0) is 11.8 Å². The Hall–Kier alpha value is -2.14. The third-order valence-electron chi connectivity index (χ3n) is 4.21. The molecule has 1 aliphatic heterocycles. The molecule has 0 unspecified atom stereocenters. The molecule has 5 nitrogen and oxygen atoms in total. The summed E-state index contributed by atoms with van der Waals surface area (Å²) in [6.07, 6.45) is 1.02. The van der Waals surface area contributed by atoms with Crippen molar-refractivity contribution in [1.82, 2.24) is 15.1 Å². The molecule has 5 heteroatoms. The van der Waals surface area contributed by atoms with Crippen molar-refractivity contribution >= 4 is 5.91 Å². The summed E-state index contributed by atoms with van der Waals surface area (Å²) in [5, 5.41) is 7.19.